The third kappa shape index (κ3) is 7.03. The Balaban J connectivity index is 2.41. The van der Waals surface area contributed by atoms with Crippen molar-refractivity contribution in [2.45, 2.75) is 46.3 Å². The molecular formula is C24H34N4O4S. The fourth-order valence-electron chi connectivity index (χ4n) is 3.19. The summed E-state index contributed by atoms with van der Waals surface area (Å²) in [6.45, 7) is 7.05. The number of carbonyl (C=O) groups excluding carboxylic acids is 2. The molecule has 0 spiro atoms. The first-order valence-electron chi connectivity index (χ1n) is 10.8. The number of aryl methyl sites for hydroxylation is 1. The van der Waals surface area contributed by atoms with Crippen LogP contribution in [-0.4, -0.2) is 62.2 Å². The van der Waals surface area contributed by atoms with Crippen LogP contribution in [0.1, 0.15) is 31.9 Å². The van der Waals surface area contributed by atoms with Crippen LogP contribution in [0.2, 0.25) is 0 Å². The molecule has 8 nitrogen and oxygen atoms in total. The van der Waals surface area contributed by atoms with Crippen molar-refractivity contribution in [2.24, 2.45) is 0 Å². The van der Waals surface area contributed by atoms with Gasteiger partial charge in [0.25, 0.3) is 0 Å². The highest BCUT2D eigenvalue weighted by Gasteiger charge is 2.32. The van der Waals surface area contributed by atoms with Crippen molar-refractivity contribution in [3.05, 3.63) is 65.7 Å². The highest BCUT2D eigenvalue weighted by atomic mass is 32.2. The van der Waals surface area contributed by atoms with E-state index in [9.17, 15) is 18.0 Å². The summed E-state index contributed by atoms with van der Waals surface area (Å²) in [5.41, 5.74) is 2.29. The molecule has 180 valence electrons. The van der Waals surface area contributed by atoms with Gasteiger partial charge < -0.3 is 10.2 Å². The standard InChI is InChI=1S/C24H34N4O4S/c1-18(2)25-24(30)20(4)27(16-21-14-12-19(3)13-15-21)23(29)17-28(33(31,32)26(5)6)22-10-8-7-9-11-22/h7-15,18,20H,16-17H2,1-6H3,(H,25,30). The van der Waals surface area contributed by atoms with Gasteiger partial charge in [0.1, 0.15) is 12.6 Å². The smallest absolute Gasteiger partial charge is 0.304 e. The number of hydrogen-bond donors (Lipinski definition) is 1. The number of rotatable bonds is 10. The topological polar surface area (TPSA) is 90.0 Å². The van der Waals surface area contributed by atoms with Gasteiger partial charge in [0.05, 0.1) is 5.69 Å². The van der Waals surface area contributed by atoms with E-state index in [4.69, 9.17) is 0 Å². The Labute approximate surface area is 197 Å². The van der Waals surface area contributed by atoms with Crippen LogP contribution in [0.15, 0.2) is 54.6 Å². The number of carbonyl (C=O) groups is 2. The molecular weight excluding hydrogens is 440 g/mol. The average Bonchev–Trinajstić information content (AvgIpc) is 2.76. The molecule has 9 heteroatoms. The normalized spacial score (nSPS) is 12.5. The van der Waals surface area contributed by atoms with Gasteiger partial charge in [0.2, 0.25) is 11.8 Å². The summed E-state index contributed by atoms with van der Waals surface area (Å²) in [5.74, 6) is -0.775. The highest BCUT2D eigenvalue weighted by Crippen LogP contribution is 2.20. The fraction of sp³-hybridized carbons (Fsp3) is 0.417. The molecule has 0 aromatic heterocycles. The largest absolute Gasteiger partial charge is 0.352 e. The van der Waals surface area contributed by atoms with E-state index in [1.54, 1.807) is 37.3 Å². The van der Waals surface area contributed by atoms with Crippen LogP contribution in [0.25, 0.3) is 0 Å². The summed E-state index contributed by atoms with van der Waals surface area (Å²) in [4.78, 5) is 27.7. The predicted octanol–water partition coefficient (Wildman–Crippen LogP) is 2.55. The van der Waals surface area contributed by atoms with E-state index in [1.807, 2.05) is 45.0 Å². The van der Waals surface area contributed by atoms with Crippen LogP contribution < -0.4 is 9.62 Å². The molecule has 1 atom stereocenters. The van der Waals surface area contributed by atoms with Gasteiger partial charge in [0, 0.05) is 26.7 Å². The molecule has 2 aromatic carbocycles. The summed E-state index contributed by atoms with van der Waals surface area (Å²) < 4.78 is 28.2. The molecule has 1 N–H and O–H groups in total. The number of para-hydroxylation sites is 1. The zero-order valence-electron chi connectivity index (χ0n) is 20.1. The SMILES string of the molecule is Cc1ccc(CN(C(=O)CN(c2ccccc2)S(=O)(=O)N(C)C)C(C)C(=O)NC(C)C)cc1. The Kier molecular flexibility index (Phi) is 9.01. The Morgan fingerprint density at radius 2 is 1.52 bits per heavy atom. The van der Waals surface area contributed by atoms with E-state index in [2.05, 4.69) is 5.32 Å². The van der Waals surface area contributed by atoms with Gasteiger partial charge in [-0.1, -0.05) is 48.0 Å². The van der Waals surface area contributed by atoms with E-state index in [1.165, 1.54) is 19.0 Å². The molecule has 0 bridgehead atoms. The van der Waals surface area contributed by atoms with Crippen LogP contribution in [0, 0.1) is 6.92 Å². The molecule has 0 aliphatic heterocycles. The van der Waals surface area contributed by atoms with Gasteiger partial charge in [0.15, 0.2) is 0 Å². The van der Waals surface area contributed by atoms with Crippen molar-refractivity contribution in [3.63, 3.8) is 0 Å². The summed E-state index contributed by atoms with van der Waals surface area (Å²) in [7, 11) is -1.12. The van der Waals surface area contributed by atoms with Crippen LogP contribution >= 0.6 is 0 Å². The molecule has 2 aromatic rings. The molecule has 0 aliphatic rings. The third-order valence-corrected chi connectivity index (χ3v) is 6.95. The Hall–Kier alpha value is -2.91. The Bertz CT molecular complexity index is 1040. The van der Waals surface area contributed by atoms with Crippen molar-refractivity contribution in [3.8, 4) is 0 Å². The van der Waals surface area contributed by atoms with E-state index in [-0.39, 0.29) is 18.5 Å². The average molecular weight is 475 g/mol. The van der Waals surface area contributed by atoms with E-state index < -0.39 is 28.7 Å². The lowest BCUT2D eigenvalue weighted by atomic mass is 10.1. The van der Waals surface area contributed by atoms with Gasteiger partial charge in [-0.15, -0.1) is 0 Å². The Morgan fingerprint density at radius 3 is 2.03 bits per heavy atom. The minimum Gasteiger partial charge on any atom is -0.352 e. The third-order valence-electron chi connectivity index (χ3n) is 5.13. The number of anilines is 1. The maximum atomic E-state index is 13.5. The van der Waals surface area contributed by atoms with Crippen molar-refractivity contribution in [1.82, 2.24) is 14.5 Å². The van der Waals surface area contributed by atoms with Crippen molar-refractivity contribution < 1.29 is 18.0 Å². The summed E-state index contributed by atoms with van der Waals surface area (Å²) in [5, 5.41) is 2.83. The van der Waals surface area contributed by atoms with Crippen molar-refractivity contribution >= 4 is 27.7 Å². The number of amides is 2. The van der Waals surface area contributed by atoms with E-state index >= 15 is 0 Å². The maximum Gasteiger partial charge on any atom is 0.304 e. The number of nitrogens with zero attached hydrogens (tertiary/aromatic N) is 3. The van der Waals surface area contributed by atoms with Gasteiger partial charge in [-0.3, -0.25) is 9.59 Å². The van der Waals surface area contributed by atoms with Gasteiger partial charge in [-0.05, 0) is 45.4 Å². The van der Waals surface area contributed by atoms with E-state index in [0.717, 1.165) is 19.7 Å². The second kappa shape index (κ2) is 11.3. The summed E-state index contributed by atoms with van der Waals surface area (Å²) in [6, 6.07) is 15.2. The summed E-state index contributed by atoms with van der Waals surface area (Å²) >= 11 is 0. The number of hydrogen-bond acceptors (Lipinski definition) is 4. The monoisotopic (exact) mass is 474 g/mol. The molecule has 0 radical (unpaired) electrons. The highest BCUT2D eigenvalue weighted by molar-refractivity contribution is 7.90. The first kappa shape index (κ1) is 26.3. The maximum absolute atomic E-state index is 13.5. The lowest BCUT2D eigenvalue weighted by molar-refractivity contribution is -0.139. The first-order chi connectivity index (χ1) is 15.4. The van der Waals surface area contributed by atoms with Crippen LogP contribution in [0.5, 0.6) is 0 Å². The lowest BCUT2D eigenvalue weighted by Crippen LogP contribution is -2.53. The molecule has 0 saturated heterocycles. The molecule has 0 saturated carbocycles. The molecule has 0 heterocycles. The zero-order valence-corrected chi connectivity index (χ0v) is 21.0. The minimum atomic E-state index is -3.95. The van der Waals surface area contributed by atoms with E-state index in [0.29, 0.717) is 5.69 Å². The Morgan fingerprint density at radius 1 is 0.939 bits per heavy atom. The zero-order chi connectivity index (χ0) is 24.8. The number of nitrogens with one attached hydrogen (secondary N) is 1. The first-order valence-corrected chi connectivity index (χ1v) is 12.2. The fourth-order valence-corrected chi connectivity index (χ4v) is 4.25. The van der Waals surface area contributed by atoms with Gasteiger partial charge in [-0.2, -0.15) is 12.7 Å². The molecule has 2 rings (SSSR count). The van der Waals surface area contributed by atoms with Crippen molar-refractivity contribution in [1.29, 1.82) is 0 Å². The molecule has 0 fully saturated rings. The summed E-state index contributed by atoms with van der Waals surface area (Å²) in [6.07, 6.45) is 0. The minimum absolute atomic E-state index is 0.0915. The lowest BCUT2D eigenvalue weighted by Gasteiger charge is -2.33. The van der Waals surface area contributed by atoms with Gasteiger partial charge >= 0.3 is 10.2 Å². The van der Waals surface area contributed by atoms with Crippen LogP contribution in [-0.2, 0) is 26.3 Å². The van der Waals surface area contributed by atoms with Crippen molar-refractivity contribution in [2.75, 3.05) is 24.9 Å². The second-order valence-electron chi connectivity index (χ2n) is 8.48. The van der Waals surface area contributed by atoms with Crippen LogP contribution in [0.4, 0.5) is 5.69 Å². The molecule has 33 heavy (non-hydrogen) atoms. The molecule has 2 amide bonds. The second-order valence-corrected chi connectivity index (χ2v) is 10.5. The number of benzene rings is 2. The predicted molar refractivity (Wildman–Crippen MR) is 131 cm³/mol. The van der Waals surface area contributed by atoms with Crippen LogP contribution in [0.3, 0.4) is 0 Å². The van der Waals surface area contributed by atoms with Gasteiger partial charge in [-0.25, -0.2) is 4.31 Å². The quantitative estimate of drug-likeness (QED) is 0.573. The molecule has 1 unspecified atom stereocenters. The molecule has 0 aliphatic carbocycles.